The van der Waals surface area contributed by atoms with Crippen LogP contribution in [0.1, 0.15) is 32.3 Å². The Morgan fingerprint density at radius 2 is 1.84 bits per heavy atom. The predicted molar refractivity (Wildman–Crippen MR) is 112 cm³/mol. The van der Waals surface area contributed by atoms with Crippen LogP contribution in [0.25, 0.3) is 0 Å². The lowest BCUT2D eigenvalue weighted by molar-refractivity contribution is -0.145. The van der Waals surface area contributed by atoms with E-state index in [1.807, 2.05) is 30.3 Å². The first-order valence-electron chi connectivity index (χ1n) is 9.89. The Balaban J connectivity index is 1.80. The van der Waals surface area contributed by atoms with E-state index in [-0.39, 0.29) is 39.1 Å². The van der Waals surface area contributed by atoms with E-state index in [0.717, 1.165) is 5.56 Å². The van der Waals surface area contributed by atoms with Gasteiger partial charge in [-0.1, -0.05) is 44.2 Å². The maximum Gasteiger partial charge on any atom is 0.499 e. The van der Waals surface area contributed by atoms with Gasteiger partial charge in [0.15, 0.2) is 6.10 Å². The van der Waals surface area contributed by atoms with Crippen LogP contribution >= 0.6 is 8.09 Å². The minimum Gasteiger partial charge on any atom is -0.469 e. The zero-order valence-electron chi connectivity index (χ0n) is 18.0. The molecule has 2 rings (SSSR count). The summed E-state index contributed by atoms with van der Waals surface area (Å²) in [6, 6.07) is 9.28. The summed E-state index contributed by atoms with van der Waals surface area (Å²) in [5, 5.41) is 5.30. The van der Waals surface area contributed by atoms with Crippen molar-refractivity contribution in [2.45, 2.75) is 39.4 Å². The Morgan fingerprint density at radius 1 is 1.16 bits per heavy atom. The number of benzene rings is 1. The molecule has 1 fully saturated rings. The summed E-state index contributed by atoms with van der Waals surface area (Å²) in [4.78, 5) is 46.3. The van der Waals surface area contributed by atoms with E-state index in [0.29, 0.717) is 0 Å². The standard InChI is InChI=1S/C20H29N2O8P/c1-20(2)14-29-31(26,30-18(20)19(25)21-11-9-16(23)27-3)22-12-10-17(24)28-13-15-7-5-4-6-8-15/h4-8,18,22,26H,9-14H2,1-3H3/p+1/t18-,31?/m0/s1. The molecule has 1 saturated heterocycles. The predicted octanol–water partition coefficient (Wildman–Crippen LogP) is 1.50. The largest absolute Gasteiger partial charge is 0.499 e. The fourth-order valence-corrected chi connectivity index (χ4v) is 4.52. The highest BCUT2D eigenvalue weighted by Crippen LogP contribution is 2.59. The quantitative estimate of drug-likeness (QED) is 0.353. The van der Waals surface area contributed by atoms with E-state index < -0.39 is 37.5 Å². The number of methoxy groups -OCH3 is 1. The van der Waals surface area contributed by atoms with E-state index in [2.05, 4.69) is 15.1 Å². The number of esters is 2. The van der Waals surface area contributed by atoms with Crippen LogP contribution in [0, 0.1) is 5.41 Å². The normalized spacial score (nSPS) is 22.4. The highest BCUT2D eigenvalue weighted by Gasteiger charge is 2.57. The second-order valence-corrected chi connectivity index (χ2v) is 9.52. The second kappa shape index (κ2) is 11.5. The molecule has 1 unspecified atom stereocenters. The lowest BCUT2D eigenvalue weighted by atomic mass is 9.87. The Hall–Kier alpha value is -2.10. The number of carbonyl (C=O) groups excluding carboxylic acids is 3. The molecule has 11 heteroatoms. The molecule has 172 valence electrons. The van der Waals surface area contributed by atoms with Gasteiger partial charge in [-0.15, -0.1) is 9.61 Å². The van der Waals surface area contributed by atoms with E-state index >= 15 is 0 Å². The van der Waals surface area contributed by atoms with E-state index in [1.54, 1.807) is 13.8 Å². The first-order valence-corrected chi connectivity index (χ1v) is 11.5. The van der Waals surface area contributed by atoms with Crippen molar-refractivity contribution < 1.29 is 37.8 Å². The van der Waals surface area contributed by atoms with E-state index in [4.69, 9.17) is 13.8 Å². The molecule has 0 radical (unpaired) electrons. The van der Waals surface area contributed by atoms with Crippen LogP contribution in [0.4, 0.5) is 0 Å². The van der Waals surface area contributed by atoms with Crippen LogP contribution < -0.4 is 10.4 Å². The number of nitrogens with one attached hydrogen (secondary N) is 2. The Morgan fingerprint density at radius 3 is 2.52 bits per heavy atom. The number of rotatable bonds is 10. The number of carbonyl (C=O) groups is 3. The van der Waals surface area contributed by atoms with Gasteiger partial charge < -0.3 is 14.8 Å². The van der Waals surface area contributed by atoms with Crippen LogP contribution in [0.5, 0.6) is 0 Å². The molecule has 1 aliphatic heterocycles. The summed E-state index contributed by atoms with van der Waals surface area (Å²) in [6.45, 7) is 3.89. The molecule has 1 amide bonds. The summed E-state index contributed by atoms with van der Waals surface area (Å²) >= 11 is 0. The van der Waals surface area contributed by atoms with Crippen LogP contribution in [-0.2, 0) is 39.5 Å². The van der Waals surface area contributed by atoms with Gasteiger partial charge in [-0.25, -0.2) is 0 Å². The third-order valence-corrected chi connectivity index (χ3v) is 6.15. The van der Waals surface area contributed by atoms with Crippen LogP contribution in [0.15, 0.2) is 30.3 Å². The van der Waals surface area contributed by atoms with Crippen molar-refractivity contribution in [2.75, 3.05) is 26.8 Å². The maximum absolute atomic E-state index is 12.5. The van der Waals surface area contributed by atoms with Gasteiger partial charge in [-0.2, -0.15) is 9.42 Å². The summed E-state index contributed by atoms with van der Waals surface area (Å²) in [5.41, 5.74) is 0.162. The van der Waals surface area contributed by atoms with Gasteiger partial charge in [0.05, 0.1) is 20.0 Å². The molecule has 10 nitrogen and oxygen atoms in total. The zero-order chi connectivity index (χ0) is 22.9. The minimum atomic E-state index is -3.55. The molecule has 1 heterocycles. The number of amides is 1. The summed E-state index contributed by atoms with van der Waals surface area (Å²) < 4.78 is 20.8. The molecular weight excluding hydrogens is 427 g/mol. The summed E-state index contributed by atoms with van der Waals surface area (Å²) in [6.07, 6.45) is -0.995. The van der Waals surface area contributed by atoms with Crippen molar-refractivity contribution in [1.29, 1.82) is 0 Å². The third-order valence-electron chi connectivity index (χ3n) is 4.55. The SMILES string of the molecule is COC(=O)CCNC(=O)[C@@H]1O[P+](O)(NCCC(=O)OCc2ccccc2)OCC1(C)C. The van der Waals surface area contributed by atoms with Crippen molar-refractivity contribution in [3.05, 3.63) is 35.9 Å². The second-order valence-electron chi connectivity index (χ2n) is 7.69. The van der Waals surface area contributed by atoms with Crippen molar-refractivity contribution in [3.63, 3.8) is 0 Å². The van der Waals surface area contributed by atoms with Gasteiger partial charge >= 0.3 is 20.0 Å². The molecule has 0 bridgehead atoms. The van der Waals surface area contributed by atoms with Crippen LogP contribution in [0.3, 0.4) is 0 Å². The lowest BCUT2D eigenvalue weighted by Crippen LogP contribution is -2.52. The fraction of sp³-hybridized carbons (Fsp3) is 0.550. The monoisotopic (exact) mass is 457 g/mol. The molecule has 1 aliphatic rings. The van der Waals surface area contributed by atoms with Gasteiger partial charge in [-0.3, -0.25) is 14.4 Å². The van der Waals surface area contributed by atoms with Gasteiger partial charge in [0.2, 0.25) is 0 Å². The maximum atomic E-state index is 12.5. The van der Waals surface area contributed by atoms with Gasteiger partial charge in [0.25, 0.3) is 5.91 Å². The first-order chi connectivity index (χ1) is 14.6. The molecule has 0 spiro atoms. The molecule has 1 aromatic carbocycles. The van der Waals surface area contributed by atoms with E-state index in [9.17, 15) is 19.3 Å². The number of hydrogen-bond donors (Lipinski definition) is 3. The number of hydrogen-bond acceptors (Lipinski definition) is 9. The summed E-state index contributed by atoms with van der Waals surface area (Å²) in [5.74, 6) is -1.37. The molecule has 31 heavy (non-hydrogen) atoms. The number of ether oxygens (including phenoxy) is 2. The Bertz CT molecular complexity index is 761. The third kappa shape index (κ3) is 8.16. The van der Waals surface area contributed by atoms with Crippen molar-refractivity contribution >= 4 is 25.9 Å². The highest BCUT2D eigenvalue weighted by molar-refractivity contribution is 7.58. The van der Waals surface area contributed by atoms with Gasteiger partial charge in [0, 0.05) is 18.5 Å². The molecule has 0 saturated carbocycles. The fourth-order valence-electron chi connectivity index (χ4n) is 2.72. The van der Waals surface area contributed by atoms with Gasteiger partial charge in [0.1, 0.15) is 13.2 Å². The minimum absolute atomic E-state index is 0.0126. The Labute approximate surface area is 182 Å². The molecule has 2 atom stereocenters. The van der Waals surface area contributed by atoms with Crippen molar-refractivity contribution in [2.24, 2.45) is 5.41 Å². The van der Waals surface area contributed by atoms with Crippen molar-refractivity contribution in [3.8, 4) is 0 Å². The molecule has 3 N–H and O–H groups in total. The average Bonchev–Trinajstić information content (AvgIpc) is 2.74. The molecular formula is C20H30N2O8P+. The average molecular weight is 457 g/mol. The molecule has 0 aromatic heterocycles. The van der Waals surface area contributed by atoms with Crippen LogP contribution in [0.2, 0.25) is 0 Å². The summed E-state index contributed by atoms with van der Waals surface area (Å²) in [7, 11) is -2.29. The van der Waals surface area contributed by atoms with Gasteiger partial charge in [-0.05, 0) is 5.56 Å². The van der Waals surface area contributed by atoms with E-state index in [1.165, 1.54) is 7.11 Å². The Kier molecular flexibility index (Phi) is 9.33. The molecule has 0 aliphatic carbocycles. The smallest absolute Gasteiger partial charge is 0.469 e. The zero-order valence-corrected chi connectivity index (χ0v) is 18.9. The van der Waals surface area contributed by atoms with Crippen LogP contribution in [-0.4, -0.2) is 55.6 Å². The van der Waals surface area contributed by atoms with Crippen molar-refractivity contribution in [1.82, 2.24) is 10.4 Å². The topological polar surface area (TPSA) is 132 Å². The first kappa shape index (κ1) is 25.2. The molecule has 1 aromatic rings. The highest BCUT2D eigenvalue weighted by atomic mass is 31.2. The lowest BCUT2D eigenvalue weighted by Gasteiger charge is -2.37.